The minimum Gasteiger partial charge on any atom is -0.482 e. The topological polar surface area (TPSA) is 83.9 Å². The minimum atomic E-state index is -3.63. The fourth-order valence-corrected chi connectivity index (χ4v) is 7.76. The van der Waals surface area contributed by atoms with Crippen molar-refractivity contribution >= 4 is 60.8 Å². The normalized spacial score (nSPS) is 11.9. The average molecular weight is 514 g/mol. The van der Waals surface area contributed by atoms with Crippen LogP contribution in [0, 0.1) is 6.92 Å². The van der Waals surface area contributed by atoms with Crippen LogP contribution in [0.15, 0.2) is 51.6 Å². The summed E-state index contributed by atoms with van der Waals surface area (Å²) in [6.45, 7) is 4.23. The van der Waals surface area contributed by atoms with Gasteiger partial charge in [0.05, 0.1) is 0 Å². The second-order valence-corrected chi connectivity index (χ2v) is 11.9. The summed E-state index contributed by atoms with van der Waals surface area (Å²) < 4.78 is 34.8. The lowest BCUT2D eigenvalue weighted by Gasteiger charge is -2.21. The molecule has 3 aromatic rings. The number of thioether (sulfide) groups is 1. The van der Waals surface area contributed by atoms with Gasteiger partial charge in [-0.3, -0.25) is 0 Å². The Morgan fingerprint density at radius 3 is 2.56 bits per heavy atom. The maximum absolute atomic E-state index is 13.4. The van der Waals surface area contributed by atoms with E-state index in [-0.39, 0.29) is 6.61 Å². The number of carboxylic acids is 1. The Kier molecular flexibility index (Phi) is 8.46. The van der Waals surface area contributed by atoms with Gasteiger partial charge in [-0.05, 0) is 66.8 Å². The van der Waals surface area contributed by atoms with Crippen LogP contribution in [-0.4, -0.2) is 49.2 Å². The van der Waals surface area contributed by atoms with Gasteiger partial charge in [0.15, 0.2) is 6.61 Å². The molecule has 1 aromatic heterocycles. The molecule has 10 heteroatoms. The molecule has 0 radical (unpaired) electrons. The fourth-order valence-electron chi connectivity index (χ4n) is 3.18. The third kappa shape index (κ3) is 5.96. The zero-order chi connectivity index (χ0) is 23.3. The van der Waals surface area contributed by atoms with Crippen LogP contribution in [0.1, 0.15) is 18.9 Å². The number of aliphatic carboxylic acids is 1. The molecule has 0 aliphatic rings. The molecule has 0 unspecified atom stereocenters. The first-order chi connectivity index (χ1) is 15.2. The van der Waals surface area contributed by atoms with Crippen molar-refractivity contribution in [1.29, 1.82) is 0 Å². The quantitative estimate of drug-likeness (QED) is 0.340. The Morgan fingerprint density at radius 1 is 1.19 bits per heavy atom. The molecule has 0 aliphatic carbocycles. The van der Waals surface area contributed by atoms with Gasteiger partial charge in [0.25, 0.3) is 10.0 Å². The highest BCUT2D eigenvalue weighted by atomic mass is 35.5. The molecule has 32 heavy (non-hydrogen) atoms. The Hall–Kier alpha value is -1.78. The van der Waals surface area contributed by atoms with E-state index in [1.807, 2.05) is 38.1 Å². The van der Waals surface area contributed by atoms with Crippen LogP contribution in [0.5, 0.6) is 5.75 Å². The summed E-state index contributed by atoms with van der Waals surface area (Å²) in [5.41, 5.74) is 0.734. The maximum Gasteiger partial charge on any atom is 0.341 e. The third-order valence-corrected chi connectivity index (χ3v) is 9.69. The Morgan fingerprint density at radius 2 is 1.91 bits per heavy atom. The number of carboxylic acid groups (broad SMARTS) is 1. The van der Waals surface area contributed by atoms with Gasteiger partial charge in [-0.1, -0.05) is 18.5 Å². The molecule has 0 bridgehead atoms. The zero-order valence-electron chi connectivity index (χ0n) is 17.7. The molecule has 0 aliphatic heterocycles. The molecule has 0 fully saturated rings. The summed E-state index contributed by atoms with van der Waals surface area (Å²) in [5, 5.41) is 10.1. The minimum absolute atomic E-state index is 0.369. The molecule has 6 nitrogen and oxygen atoms in total. The van der Waals surface area contributed by atoms with E-state index in [0.29, 0.717) is 33.8 Å². The number of hydrogen-bond donors (Lipinski definition) is 1. The molecule has 0 saturated carbocycles. The highest BCUT2D eigenvalue weighted by Gasteiger charge is 2.28. The Balaban J connectivity index is 1.70. The van der Waals surface area contributed by atoms with Crippen molar-refractivity contribution in [3.05, 3.63) is 53.1 Å². The molecule has 1 N–H and O–H groups in total. The predicted octanol–water partition coefficient (Wildman–Crippen LogP) is 5.52. The van der Waals surface area contributed by atoms with E-state index >= 15 is 0 Å². The van der Waals surface area contributed by atoms with Crippen LogP contribution in [0.4, 0.5) is 0 Å². The van der Waals surface area contributed by atoms with E-state index in [4.69, 9.17) is 21.4 Å². The summed E-state index contributed by atoms with van der Waals surface area (Å²) in [4.78, 5) is 11.5. The summed E-state index contributed by atoms with van der Waals surface area (Å²) >= 11 is 8.92. The highest BCUT2D eigenvalue weighted by molar-refractivity contribution is 7.99. The molecule has 0 amide bonds. The van der Waals surface area contributed by atoms with Crippen molar-refractivity contribution in [3.63, 3.8) is 0 Å². The van der Waals surface area contributed by atoms with E-state index in [1.165, 1.54) is 23.1 Å². The highest BCUT2D eigenvalue weighted by Crippen LogP contribution is 2.37. The van der Waals surface area contributed by atoms with Crippen molar-refractivity contribution < 1.29 is 23.1 Å². The Bertz CT molecular complexity index is 1190. The van der Waals surface area contributed by atoms with Gasteiger partial charge in [0, 0.05) is 33.5 Å². The summed E-state index contributed by atoms with van der Waals surface area (Å²) in [6, 6.07) is 12.5. The van der Waals surface area contributed by atoms with E-state index in [1.54, 1.807) is 22.5 Å². The standard InChI is InChI=1S/C22H24ClNO5S3/c1-3-10-24(11-12-30-18-7-5-17(6-8-18)29-14-21(25)26)32(27,28)22-15(2)19-13-16(23)4-9-20(19)31-22/h4-9,13H,3,10-12,14H2,1-2H3,(H,25,26). The van der Waals surface area contributed by atoms with Gasteiger partial charge in [-0.2, -0.15) is 4.31 Å². The van der Waals surface area contributed by atoms with Crippen LogP contribution in [-0.2, 0) is 14.8 Å². The van der Waals surface area contributed by atoms with Crippen LogP contribution in [0.2, 0.25) is 5.02 Å². The number of benzene rings is 2. The first-order valence-electron chi connectivity index (χ1n) is 9.98. The SMILES string of the molecule is CCCN(CCSc1ccc(OCC(=O)O)cc1)S(=O)(=O)c1sc2ccc(Cl)cc2c1C. The molecule has 0 atom stereocenters. The number of ether oxygens (including phenoxy) is 1. The molecule has 0 spiro atoms. The lowest BCUT2D eigenvalue weighted by atomic mass is 10.2. The Labute approximate surface area is 201 Å². The first kappa shape index (κ1) is 24.9. The summed E-state index contributed by atoms with van der Waals surface area (Å²) in [5.74, 6) is 0.0366. The van der Waals surface area contributed by atoms with Crippen LogP contribution in [0.3, 0.4) is 0 Å². The second-order valence-electron chi connectivity index (χ2n) is 7.06. The van der Waals surface area contributed by atoms with Gasteiger partial charge in [-0.25, -0.2) is 13.2 Å². The molecular weight excluding hydrogens is 490 g/mol. The summed E-state index contributed by atoms with van der Waals surface area (Å²) in [6.07, 6.45) is 0.718. The third-order valence-electron chi connectivity index (χ3n) is 4.70. The fraction of sp³-hybridized carbons (Fsp3) is 0.318. The average Bonchev–Trinajstić information content (AvgIpc) is 3.09. The van der Waals surface area contributed by atoms with Gasteiger partial charge in [0.1, 0.15) is 9.96 Å². The van der Waals surface area contributed by atoms with Crippen LogP contribution in [0.25, 0.3) is 10.1 Å². The number of rotatable bonds is 11. The van der Waals surface area contributed by atoms with E-state index in [9.17, 15) is 13.2 Å². The molecule has 3 rings (SSSR count). The molecule has 172 valence electrons. The van der Waals surface area contributed by atoms with E-state index in [0.717, 1.165) is 27.0 Å². The monoisotopic (exact) mass is 513 g/mol. The number of halogens is 1. The first-order valence-corrected chi connectivity index (χ1v) is 13.6. The number of thiophene rings is 1. The van der Waals surface area contributed by atoms with E-state index in [2.05, 4.69) is 0 Å². The van der Waals surface area contributed by atoms with E-state index < -0.39 is 16.0 Å². The molecule has 2 aromatic carbocycles. The lowest BCUT2D eigenvalue weighted by molar-refractivity contribution is -0.139. The van der Waals surface area contributed by atoms with Crippen molar-refractivity contribution in [1.82, 2.24) is 4.31 Å². The van der Waals surface area contributed by atoms with Gasteiger partial charge < -0.3 is 9.84 Å². The number of sulfonamides is 1. The number of hydrogen-bond acceptors (Lipinski definition) is 6. The van der Waals surface area contributed by atoms with Crippen LogP contribution >= 0.6 is 34.7 Å². The molecular formula is C22H24ClNO5S3. The number of nitrogens with zero attached hydrogens (tertiary/aromatic N) is 1. The van der Waals surface area contributed by atoms with Gasteiger partial charge >= 0.3 is 5.97 Å². The van der Waals surface area contributed by atoms with Crippen molar-refractivity contribution in [2.24, 2.45) is 0 Å². The molecule has 0 saturated heterocycles. The van der Waals surface area contributed by atoms with Crippen LogP contribution < -0.4 is 4.74 Å². The second kappa shape index (κ2) is 10.9. The van der Waals surface area contributed by atoms with Gasteiger partial charge in [-0.15, -0.1) is 23.1 Å². The van der Waals surface area contributed by atoms with Gasteiger partial charge in [0.2, 0.25) is 0 Å². The number of carbonyl (C=O) groups is 1. The lowest BCUT2D eigenvalue weighted by Crippen LogP contribution is -2.33. The van der Waals surface area contributed by atoms with Crippen molar-refractivity contribution in [3.8, 4) is 5.75 Å². The largest absolute Gasteiger partial charge is 0.482 e. The van der Waals surface area contributed by atoms with Crippen molar-refractivity contribution in [2.45, 2.75) is 29.4 Å². The summed E-state index contributed by atoms with van der Waals surface area (Å²) in [7, 11) is -3.63. The number of aryl methyl sites for hydroxylation is 1. The smallest absolute Gasteiger partial charge is 0.341 e. The number of fused-ring (bicyclic) bond motifs is 1. The van der Waals surface area contributed by atoms with Crippen molar-refractivity contribution in [2.75, 3.05) is 25.4 Å². The zero-order valence-corrected chi connectivity index (χ0v) is 20.9. The predicted molar refractivity (Wildman–Crippen MR) is 131 cm³/mol. The maximum atomic E-state index is 13.4. The molecule has 1 heterocycles.